The average Bonchev–Trinajstić information content (AvgIpc) is 3.67. The fourth-order valence-corrected chi connectivity index (χ4v) is 9.01. The number of thiazole rings is 1. The summed E-state index contributed by atoms with van der Waals surface area (Å²) in [6.07, 6.45) is 30.0. The third kappa shape index (κ3) is 21.9. The van der Waals surface area contributed by atoms with Crippen molar-refractivity contribution in [1.82, 2.24) is 19.8 Å². The van der Waals surface area contributed by atoms with Gasteiger partial charge in [0.1, 0.15) is 5.52 Å². The molecule has 9 heteroatoms. The number of amides is 1. The number of nitrogens with one attached hydrogen (secondary N) is 1. The molecule has 0 aliphatic rings. The lowest BCUT2D eigenvalue weighted by Crippen LogP contribution is -2.30. The number of hydrogen-bond donors (Lipinski definition) is 1. The molecular weight excluding hydrogens is 739 g/mol. The molecular formula is C49H85N5O3S. The van der Waals surface area contributed by atoms with Crippen molar-refractivity contribution < 1.29 is 14.3 Å². The minimum Gasteiger partial charge on any atom is -0.378 e. The lowest BCUT2D eigenvalue weighted by atomic mass is 10.1. The number of aryl methyl sites for hydroxylation is 1. The van der Waals surface area contributed by atoms with Crippen LogP contribution in [0.3, 0.4) is 0 Å². The highest BCUT2D eigenvalue weighted by atomic mass is 32.1. The van der Waals surface area contributed by atoms with E-state index in [-0.39, 0.29) is 5.91 Å². The van der Waals surface area contributed by atoms with Gasteiger partial charge in [-0.3, -0.25) is 4.79 Å². The third-order valence-corrected chi connectivity index (χ3v) is 12.6. The molecule has 0 aliphatic carbocycles. The number of unbranched alkanes of at least 4 members (excludes halogenated alkanes) is 18. The van der Waals surface area contributed by atoms with Crippen molar-refractivity contribution in [2.75, 3.05) is 71.0 Å². The molecule has 1 amide bonds. The molecule has 8 nitrogen and oxygen atoms in total. The van der Waals surface area contributed by atoms with Gasteiger partial charge in [0.2, 0.25) is 5.91 Å². The van der Waals surface area contributed by atoms with E-state index in [1.165, 1.54) is 122 Å². The molecule has 1 N–H and O–H groups in total. The summed E-state index contributed by atoms with van der Waals surface area (Å²) < 4.78 is 13.2. The van der Waals surface area contributed by atoms with E-state index in [1.54, 1.807) is 11.3 Å². The topological polar surface area (TPSA) is 79.8 Å². The van der Waals surface area contributed by atoms with Crippen LogP contribution in [-0.4, -0.2) is 91.4 Å². The Kier molecular flexibility index (Phi) is 29.0. The summed E-state index contributed by atoms with van der Waals surface area (Å²) in [4.78, 5) is 28.0. The minimum atomic E-state index is 0.0255. The van der Waals surface area contributed by atoms with Gasteiger partial charge in [-0.1, -0.05) is 155 Å². The zero-order valence-corrected chi connectivity index (χ0v) is 38.6. The number of aromatic nitrogens is 2. The summed E-state index contributed by atoms with van der Waals surface area (Å²) in [5.41, 5.74) is 1.72. The van der Waals surface area contributed by atoms with Crippen molar-refractivity contribution in [1.29, 1.82) is 0 Å². The number of carbonyl (C=O) groups is 1. The molecule has 0 unspecified atom stereocenters. The van der Waals surface area contributed by atoms with Gasteiger partial charge >= 0.3 is 0 Å². The quantitative estimate of drug-likeness (QED) is 0.0574. The summed E-state index contributed by atoms with van der Waals surface area (Å²) in [5, 5.41) is 5.33. The minimum absolute atomic E-state index is 0.0255. The van der Waals surface area contributed by atoms with Crippen molar-refractivity contribution in [3.8, 4) is 0 Å². The zero-order chi connectivity index (χ0) is 41.3. The predicted octanol–water partition coefficient (Wildman–Crippen LogP) is 13.0. The number of para-hydroxylation sites is 1. The smallest absolute Gasteiger partial charge is 0.225 e. The highest BCUT2D eigenvalue weighted by Crippen LogP contribution is 2.34. The maximum Gasteiger partial charge on any atom is 0.225 e. The Morgan fingerprint density at radius 3 is 1.67 bits per heavy atom. The van der Waals surface area contributed by atoms with Gasteiger partial charge in [-0.25, -0.2) is 9.97 Å². The van der Waals surface area contributed by atoms with Crippen molar-refractivity contribution in [3.63, 3.8) is 0 Å². The van der Waals surface area contributed by atoms with Gasteiger partial charge in [0, 0.05) is 24.9 Å². The molecule has 3 aromatic rings. The maximum atomic E-state index is 13.1. The number of carbonyl (C=O) groups excluding carboxylic acids is 1. The molecule has 1 aromatic carbocycles. The molecule has 0 radical (unpaired) electrons. The number of pyridine rings is 1. The first-order valence-electron chi connectivity index (χ1n) is 24.2. The molecule has 0 bridgehead atoms. The van der Waals surface area contributed by atoms with Crippen molar-refractivity contribution in [2.24, 2.45) is 0 Å². The van der Waals surface area contributed by atoms with Gasteiger partial charge in [-0.15, -0.1) is 11.3 Å². The molecule has 0 saturated heterocycles. The Morgan fingerprint density at radius 2 is 1.10 bits per heavy atom. The van der Waals surface area contributed by atoms with Gasteiger partial charge in [0.15, 0.2) is 5.82 Å². The number of rotatable bonds is 39. The number of likely N-dealkylation sites (N-methyl/N-ethyl adjacent to an activating group) is 1. The van der Waals surface area contributed by atoms with Crippen LogP contribution in [-0.2, 0) is 20.7 Å². The van der Waals surface area contributed by atoms with Crippen molar-refractivity contribution >= 4 is 44.2 Å². The van der Waals surface area contributed by atoms with E-state index in [4.69, 9.17) is 19.4 Å². The van der Waals surface area contributed by atoms with E-state index in [1.807, 2.05) is 18.2 Å². The van der Waals surface area contributed by atoms with E-state index >= 15 is 0 Å². The number of nitrogens with zero attached hydrogens (tertiary/aromatic N) is 4. The Balaban J connectivity index is 1.32. The monoisotopic (exact) mass is 824 g/mol. The highest BCUT2D eigenvalue weighted by molar-refractivity contribution is 7.19. The molecule has 0 atom stereocenters. The Morgan fingerprint density at radius 1 is 0.586 bits per heavy atom. The Labute approximate surface area is 359 Å². The van der Waals surface area contributed by atoms with Crippen LogP contribution in [0.4, 0.5) is 5.82 Å². The summed E-state index contributed by atoms with van der Waals surface area (Å²) >= 11 is 1.73. The van der Waals surface area contributed by atoms with Crippen LogP contribution in [0.1, 0.15) is 180 Å². The van der Waals surface area contributed by atoms with Gasteiger partial charge in [0.25, 0.3) is 0 Å². The van der Waals surface area contributed by atoms with E-state index in [2.05, 4.69) is 48.9 Å². The summed E-state index contributed by atoms with van der Waals surface area (Å²) in [5.74, 6) is 0.625. The number of benzene rings is 1. The molecule has 0 aliphatic heterocycles. The first-order chi connectivity index (χ1) is 28.6. The molecule has 58 heavy (non-hydrogen) atoms. The van der Waals surface area contributed by atoms with Gasteiger partial charge in [-0.2, -0.15) is 0 Å². The Bertz CT molecular complexity index is 1450. The number of hydrogen-bond acceptors (Lipinski definition) is 8. The second-order valence-electron chi connectivity index (χ2n) is 16.5. The fourth-order valence-electron chi connectivity index (χ4n) is 7.81. The van der Waals surface area contributed by atoms with Crippen molar-refractivity contribution in [3.05, 3.63) is 29.3 Å². The molecule has 2 heterocycles. The number of ether oxygens (including phenoxy) is 2. The number of anilines is 1. The normalized spacial score (nSPS) is 11.9. The predicted molar refractivity (Wildman–Crippen MR) is 251 cm³/mol. The van der Waals surface area contributed by atoms with Crippen LogP contribution in [0.15, 0.2) is 24.3 Å². The molecule has 0 spiro atoms. The first-order valence-corrected chi connectivity index (χ1v) is 25.0. The summed E-state index contributed by atoms with van der Waals surface area (Å²) in [6.45, 7) is 18.3. The second kappa shape index (κ2) is 33.5. The molecule has 3 rings (SSSR count). The van der Waals surface area contributed by atoms with Crippen LogP contribution in [0, 0.1) is 0 Å². The van der Waals surface area contributed by atoms with Gasteiger partial charge < -0.3 is 24.6 Å². The summed E-state index contributed by atoms with van der Waals surface area (Å²) in [7, 11) is 0. The maximum absolute atomic E-state index is 13.1. The second-order valence-corrected chi connectivity index (χ2v) is 17.6. The zero-order valence-electron chi connectivity index (χ0n) is 37.8. The average molecular weight is 824 g/mol. The lowest BCUT2D eigenvalue weighted by molar-refractivity contribution is -0.116. The van der Waals surface area contributed by atoms with E-state index in [0.717, 1.165) is 104 Å². The Hall–Kier alpha value is -2.17. The van der Waals surface area contributed by atoms with E-state index in [9.17, 15) is 4.79 Å². The fraction of sp³-hybridized carbons (Fsp3) is 0.776. The highest BCUT2D eigenvalue weighted by Gasteiger charge is 2.16. The van der Waals surface area contributed by atoms with Gasteiger partial charge in [-0.05, 0) is 70.8 Å². The van der Waals surface area contributed by atoms with Crippen LogP contribution >= 0.6 is 11.3 Å². The SMILES string of the molecule is CCCCCCCCCCCN(CC)CCOCCOCCN(CCCCCCCCCCC)CCCCCC(=O)Nc1nc2ccccc2c2sc(CCC)nc12. The summed E-state index contributed by atoms with van der Waals surface area (Å²) in [6, 6.07) is 8.17. The largest absolute Gasteiger partial charge is 0.378 e. The van der Waals surface area contributed by atoms with Crippen LogP contribution < -0.4 is 5.32 Å². The van der Waals surface area contributed by atoms with Crippen LogP contribution in [0.5, 0.6) is 0 Å². The molecule has 0 fully saturated rings. The first kappa shape index (κ1) is 50.2. The van der Waals surface area contributed by atoms with E-state index in [0.29, 0.717) is 25.5 Å². The molecule has 0 saturated carbocycles. The molecule has 330 valence electrons. The third-order valence-electron chi connectivity index (χ3n) is 11.5. The number of fused-ring (bicyclic) bond motifs is 3. The van der Waals surface area contributed by atoms with E-state index < -0.39 is 0 Å². The van der Waals surface area contributed by atoms with Gasteiger partial charge in [0.05, 0.1) is 41.7 Å². The van der Waals surface area contributed by atoms with Crippen LogP contribution in [0.25, 0.3) is 21.1 Å². The molecule has 2 aromatic heterocycles. The van der Waals surface area contributed by atoms with Crippen LogP contribution in [0.2, 0.25) is 0 Å². The lowest BCUT2D eigenvalue weighted by Gasteiger charge is -2.22. The van der Waals surface area contributed by atoms with Crippen molar-refractivity contribution in [2.45, 2.75) is 182 Å². The standard InChI is InChI=1S/C49H85N5O3S/c1-5-9-11-13-15-17-19-21-27-34-53(8-4)37-39-56-41-42-57-40-38-54(35-28-22-20-18-16-14-12-10-6-2)36-29-23-24-33-45(55)51-49-47-48(58-46(52-47)30-7-3)43-31-25-26-32-44(43)50-49/h25-26,31-32H,5-24,27-30,33-42H2,1-4H3,(H,50,51,55).